The van der Waals surface area contributed by atoms with E-state index in [2.05, 4.69) is 178 Å². The van der Waals surface area contributed by atoms with Crippen LogP contribution in [0.5, 0.6) is 0 Å². The lowest BCUT2D eigenvalue weighted by atomic mass is 9.79. The van der Waals surface area contributed by atoms with E-state index in [-0.39, 0.29) is 16.2 Å². The van der Waals surface area contributed by atoms with Gasteiger partial charge in [0.15, 0.2) is 0 Å². The van der Waals surface area contributed by atoms with Gasteiger partial charge in [0.25, 0.3) is 0 Å². The molecule has 1 aromatic heterocycles. The number of fused-ring (bicyclic) bond motifs is 3. The number of unbranched alkanes of at least 4 members (excludes halogenated alkanes) is 1. The molecule has 6 aromatic rings. The van der Waals surface area contributed by atoms with E-state index in [1.54, 1.807) is 0 Å². The molecule has 0 N–H and O–H groups in total. The average molecular weight is 759 g/mol. The minimum Gasteiger partial charge on any atom is -0.399 e. The van der Waals surface area contributed by atoms with Crippen LogP contribution in [0.4, 0.5) is 0 Å². The first-order valence-electron chi connectivity index (χ1n) is 19.7. The van der Waals surface area contributed by atoms with E-state index in [4.69, 9.17) is 12.9 Å². The number of aryl methyl sites for hydroxylation is 1. The Bertz CT molecular complexity index is 2180. The van der Waals surface area contributed by atoms with Crippen molar-refractivity contribution in [1.29, 1.82) is 0 Å². The summed E-state index contributed by atoms with van der Waals surface area (Å²) in [5.41, 5.74) is 9.32. The monoisotopic (exact) mass is 758 g/mol. The zero-order valence-corrected chi connectivity index (χ0v) is 36.0. The zero-order valence-electron chi connectivity index (χ0n) is 34.3. The molecule has 0 radical (unpaired) electrons. The first-order valence-corrected chi connectivity index (χ1v) is 22.4. The lowest BCUT2D eigenvalue weighted by Crippen LogP contribution is -2.16. The molecule has 1 unspecified atom stereocenters. The molecular weight excluding hydrogens is 698 g/mol. The minimum atomic E-state index is -1.73. The smallest absolute Gasteiger partial charge is 0.387 e. The third-order valence-electron chi connectivity index (χ3n) is 10.4. The van der Waals surface area contributed by atoms with Crippen molar-refractivity contribution in [2.45, 2.75) is 117 Å². The van der Waals surface area contributed by atoms with Crippen molar-refractivity contribution in [2.24, 2.45) is 0 Å². The number of hydrogen-bond acceptors (Lipinski definition) is 3. The fourth-order valence-corrected chi connectivity index (χ4v) is 10.5. The van der Waals surface area contributed by atoms with Crippen LogP contribution in [-0.2, 0) is 35.2 Å². The fourth-order valence-electron chi connectivity index (χ4n) is 7.02. The van der Waals surface area contributed by atoms with Gasteiger partial charge >= 0.3 is 8.24 Å². The first-order chi connectivity index (χ1) is 25.6. The van der Waals surface area contributed by atoms with Gasteiger partial charge in [-0.15, -0.1) is 0 Å². The molecule has 6 rings (SSSR count). The highest BCUT2D eigenvalue weighted by molar-refractivity contribution is 7.72. The summed E-state index contributed by atoms with van der Waals surface area (Å²) in [4.78, 5) is 0. The van der Waals surface area contributed by atoms with E-state index in [1.807, 2.05) is 0 Å². The Labute approximate surface area is 326 Å². The van der Waals surface area contributed by atoms with Crippen LogP contribution in [0.3, 0.4) is 0 Å². The predicted molar refractivity (Wildman–Crippen MR) is 235 cm³/mol. The lowest BCUT2D eigenvalue weighted by molar-refractivity contribution is 0.375. The summed E-state index contributed by atoms with van der Waals surface area (Å²) in [5, 5.41) is 5.02. The third-order valence-corrected chi connectivity index (χ3v) is 13.9. The second kappa shape index (κ2) is 16.6. The van der Waals surface area contributed by atoms with Gasteiger partial charge in [-0.2, -0.15) is 0 Å². The summed E-state index contributed by atoms with van der Waals surface area (Å²) in [6.45, 7) is 23.4. The van der Waals surface area contributed by atoms with Crippen molar-refractivity contribution in [2.75, 3.05) is 6.61 Å². The van der Waals surface area contributed by atoms with Crippen molar-refractivity contribution in [3.8, 4) is 0 Å². The normalized spacial score (nSPS) is 12.9. The third kappa shape index (κ3) is 9.42. The van der Waals surface area contributed by atoms with Crippen LogP contribution in [0, 0.1) is 0 Å². The molecule has 0 amide bonds. The van der Waals surface area contributed by atoms with Crippen molar-refractivity contribution < 1.29 is 12.9 Å². The van der Waals surface area contributed by atoms with Crippen LogP contribution in [0.15, 0.2) is 118 Å². The van der Waals surface area contributed by atoms with Gasteiger partial charge in [0.1, 0.15) is 11.2 Å². The standard InChI is InChI=1S/C49H60O3P2/c1-11-12-21-36-30-38(47(2,3)4)31-42-43-32-39(48(5,6)7)33-44(49(8,9)10)46(43)52-54(51-45(36)42)50-29-28-35-22-19-20-23-37(35)34-53(40-24-15-13-16-25-40)41-26-17-14-18-27-41/h13-20,22-27,30-33H,11-12,21,28-29,34H2,1-10H3. The molecule has 0 saturated heterocycles. The van der Waals surface area contributed by atoms with Crippen molar-refractivity contribution in [3.63, 3.8) is 0 Å². The summed E-state index contributed by atoms with van der Waals surface area (Å²) >= 11 is 0. The largest absolute Gasteiger partial charge is 0.399 e. The summed E-state index contributed by atoms with van der Waals surface area (Å²) in [6, 6.07) is 40.3. The van der Waals surface area contributed by atoms with Gasteiger partial charge in [-0.1, -0.05) is 173 Å². The minimum absolute atomic E-state index is 0.0200. The van der Waals surface area contributed by atoms with Gasteiger partial charge in [-0.05, 0) is 94.0 Å². The highest BCUT2D eigenvalue weighted by Crippen LogP contribution is 2.44. The molecular formula is C49H60O3P2. The van der Waals surface area contributed by atoms with Gasteiger partial charge < -0.3 is 8.39 Å². The summed E-state index contributed by atoms with van der Waals surface area (Å²) in [5.74, 6) is 0. The van der Waals surface area contributed by atoms with Gasteiger partial charge in [0.05, 0.1) is 6.61 Å². The molecule has 5 aromatic carbocycles. The van der Waals surface area contributed by atoms with Crippen LogP contribution in [0.25, 0.3) is 21.9 Å². The Morgan fingerprint density at radius 3 is 1.63 bits per heavy atom. The van der Waals surface area contributed by atoms with Gasteiger partial charge in [0, 0.05) is 22.5 Å². The Morgan fingerprint density at radius 1 is 0.556 bits per heavy atom. The topological polar surface area (TPSA) is 35.5 Å². The van der Waals surface area contributed by atoms with E-state index in [9.17, 15) is 0 Å². The maximum Gasteiger partial charge on any atom is 0.387 e. The zero-order chi connectivity index (χ0) is 38.7. The average Bonchev–Trinajstić information content (AvgIpc) is 3.29. The second-order valence-corrected chi connectivity index (χ2v) is 21.1. The maximum absolute atomic E-state index is 7.02. The predicted octanol–water partition coefficient (Wildman–Crippen LogP) is 13.8. The lowest BCUT2D eigenvalue weighted by Gasteiger charge is -2.26. The Morgan fingerprint density at radius 2 is 1.07 bits per heavy atom. The van der Waals surface area contributed by atoms with Crippen LogP contribution < -0.4 is 15.1 Å². The van der Waals surface area contributed by atoms with Gasteiger partial charge in [0.2, 0.25) is 0 Å². The van der Waals surface area contributed by atoms with E-state index in [1.165, 1.54) is 44.0 Å². The summed E-state index contributed by atoms with van der Waals surface area (Å²) < 4.78 is 20.8. The molecule has 0 aliphatic heterocycles. The molecule has 1 atom stereocenters. The summed E-state index contributed by atoms with van der Waals surface area (Å²) in [6.07, 6.45) is 4.91. The highest BCUT2D eigenvalue weighted by Gasteiger charge is 2.27. The molecule has 5 heteroatoms. The Balaban J connectivity index is 1.45. The van der Waals surface area contributed by atoms with Crippen LogP contribution >= 0.6 is 16.2 Å². The van der Waals surface area contributed by atoms with Crippen LogP contribution in [0.1, 0.15) is 115 Å². The molecule has 3 nitrogen and oxygen atoms in total. The molecule has 1 heterocycles. The quantitative estimate of drug-likeness (QED) is 0.123. The van der Waals surface area contributed by atoms with E-state index in [0.717, 1.165) is 53.8 Å². The highest BCUT2D eigenvalue weighted by atomic mass is 31.1. The van der Waals surface area contributed by atoms with Crippen LogP contribution in [0.2, 0.25) is 0 Å². The molecule has 0 saturated carbocycles. The molecule has 0 aliphatic carbocycles. The number of hydrogen-bond donors (Lipinski definition) is 0. The number of benzene rings is 5. The van der Waals surface area contributed by atoms with E-state index < -0.39 is 16.2 Å². The van der Waals surface area contributed by atoms with Crippen molar-refractivity contribution >= 4 is 48.7 Å². The molecule has 284 valence electrons. The first kappa shape index (κ1) is 40.1. The maximum atomic E-state index is 7.02. The SMILES string of the molecule is CCCCc1cc(C(C)(C)C)cc2c1op(OCCc1ccccc1CP(c1ccccc1)c1ccccc1)oc1c(C(C)(C)C)cc(C(C)(C)C)cc12. The van der Waals surface area contributed by atoms with Crippen LogP contribution in [-0.4, -0.2) is 6.61 Å². The fraction of sp³-hybridized carbons (Fsp3) is 0.388. The van der Waals surface area contributed by atoms with E-state index >= 15 is 0 Å². The second-order valence-electron chi connectivity index (χ2n) is 17.8. The molecule has 0 bridgehead atoms. The molecule has 0 spiro atoms. The number of rotatable bonds is 11. The summed E-state index contributed by atoms with van der Waals surface area (Å²) in [7, 11) is -2.30. The molecule has 0 aliphatic rings. The molecule has 0 fully saturated rings. The molecule has 54 heavy (non-hydrogen) atoms. The van der Waals surface area contributed by atoms with E-state index in [0.29, 0.717) is 6.61 Å². The van der Waals surface area contributed by atoms with Gasteiger partial charge in [-0.25, -0.2) is 0 Å². The van der Waals surface area contributed by atoms with Crippen molar-refractivity contribution in [3.05, 3.63) is 143 Å². The Hall–Kier alpha value is -3.61. The van der Waals surface area contributed by atoms with Crippen molar-refractivity contribution in [1.82, 2.24) is 0 Å². The Kier molecular flexibility index (Phi) is 12.3. The van der Waals surface area contributed by atoms with Gasteiger partial charge in [-0.3, -0.25) is 4.52 Å².